The van der Waals surface area contributed by atoms with Crippen molar-refractivity contribution in [3.63, 3.8) is 0 Å². The number of hydrogen-bond acceptors (Lipinski definition) is 4. The molecule has 2 aliphatic carbocycles. The predicted octanol–water partition coefficient (Wildman–Crippen LogP) is 5.91. The monoisotopic (exact) mass is 378 g/mol. The van der Waals surface area contributed by atoms with Crippen LogP contribution in [-0.2, 0) is 19.1 Å². The molecule has 2 fully saturated rings. The number of hydrogen-bond donors (Lipinski definition) is 0. The first-order valence-corrected chi connectivity index (χ1v) is 11.3. The van der Waals surface area contributed by atoms with Crippen molar-refractivity contribution in [1.82, 2.24) is 0 Å². The van der Waals surface area contributed by atoms with Crippen LogP contribution in [0.4, 0.5) is 0 Å². The fourth-order valence-electron chi connectivity index (χ4n) is 5.09. The van der Waals surface area contributed by atoms with Crippen LogP contribution in [0.25, 0.3) is 0 Å². The molecule has 0 spiro atoms. The van der Waals surface area contributed by atoms with Crippen LogP contribution < -0.4 is 0 Å². The van der Waals surface area contributed by atoms with Crippen molar-refractivity contribution in [1.29, 1.82) is 0 Å². The molecule has 0 radical (unpaired) electrons. The minimum Gasteiger partial charge on any atom is -0.395 e. The zero-order valence-electron chi connectivity index (χ0n) is 17.0. The van der Waals surface area contributed by atoms with Crippen LogP contribution >= 0.6 is 0 Å². The summed E-state index contributed by atoms with van der Waals surface area (Å²) in [6.45, 7) is 0.259. The average molecular weight is 379 g/mol. The second-order valence-corrected chi connectivity index (χ2v) is 8.84. The molecule has 0 amide bonds. The van der Waals surface area contributed by atoms with Gasteiger partial charge in [-0.3, -0.25) is 14.4 Å². The second-order valence-electron chi connectivity index (χ2n) is 8.84. The van der Waals surface area contributed by atoms with Gasteiger partial charge in [-0.1, -0.05) is 70.6 Å². The van der Waals surface area contributed by atoms with Crippen LogP contribution in [0.3, 0.4) is 0 Å². The summed E-state index contributed by atoms with van der Waals surface area (Å²) < 4.78 is 4.65. The molecule has 4 nitrogen and oxygen atoms in total. The van der Waals surface area contributed by atoms with Crippen molar-refractivity contribution in [2.24, 2.45) is 11.3 Å². The summed E-state index contributed by atoms with van der Waals surface area (Å²) in [6.07, 6.45) is 19.3. The Morgan fingerprint density at radius 2 is 1.48 bits per heavy atom. The van der Waals surface area contributed by atoms with Crippen molar-refractivity contribution < 1.29 is 19.1 Å². The van der Waals surface area contributed by atoms with Gasteiger partial charge in [0.1, 0.15) is 5.78 Å². The maximum atomic E-state index is 12.1. The fraction of sp³-hybridized carbons (Fsp3) is 0.870. The largest absolute Gasteiger partial charge is 0.395 e. The molecular weight excluding hydrogens is 340 g/mol. The number of carbonyl (C=O) groups excluding carboxylic acids is 3. The highest BCUT2D eigenvalue weighted by Gasteiger charge is 2.41. The van der Waals surface area contributed by atoms with Gasteiger partial charge >= 0.3 is 12.4 Å². The number of rotatable bonds is 14. The molecule has 4 heteroatoms. The standard InChI is InChI=1S/C23H38O4/c24-19-27-22(26)23(17-9-10-18-23)16-8-2-5-15-21(25)14-4-1-3-11-20-12-6-7-13-20/h19-20H,1-18H2. The minimum atomic E-state index is -0.440. The topological polar surface area (TPSA) is 60.4 Å². The van der Waals surface area contributed by atoms with E-state index in [0.717, 1.165) is 70.1 Å². The van der Waals surface area contributed by atoms with Gasteiger partial charge in [-0.25, -0.2) is 0 Å². The average Bonchev–Trinajstić information content (AvgIpc) is 3.34. The highest BCUT2D eigenvalue weighted by molar-refractivity contribution is 5.82. The van der Waals surface area contributed by atoms with Crippen LogP contribution in [0.15, 0.2) is 0 Å². The molecule has 0 unspecified atom stereocenters. The van der Waals surface area contributed by atoms with Gasteiger partial charge in [0, 0.05) is 12.8 Å². The molecule has 0 aromatic rings. The summed E-state index contributed by atoms with van der Waals surface area (Å²) in [5.74, 6) is 1.02. The second kappa shape index (κ2) is 12.3. The number of Topliss-reactive ketones (excluding diaryl/α,β-unsaturated/α-hetero) is 1. The molecule has 0 aromatic heterocycles. The summed E-state index contributed by atoms with van der Waals surface area (Å²) >= 11 is 0. The number of carbonyl (C=O) groups is 3. The Balaban J connectivity index is 1.48. The molecule has 2 rings (SSSR count). The zero-order chi connectivity index (χ0) is 19.4. The molecule has 2 aliphatic rings. The molecule has 154 valence electrons. The van der Waals surface area contributed by atoms with Crippen LogP contribution in [0.1, 0.15) is 116 Å². The summed E-state index contributed by atoms with van der Waals surface area (Å²) in [4.78, 5) is 34.6. The Kier molecular flexibility index (Phi) is 10.1. The molecule has 0 bridgehead atoms. The van der Waals surface area contributed by atoms with E-state index in [1.807, 2.05) is 0 Å². The maximum Gasteiger partial charge on any atom is 0.319 e. The van der Waals surface area contributed by atoms with E-state index in [9.17, 15) is 14.4 Å². The highest BCUT2D eigenvalue weighted by atomic mass is 16.6. The highest BCUT2D eigenvalue weighted by Crippen LogP contribution is 2.43. The van der Waals surface area contributed by atoms with Gasteiger partial charge in [0.25, 0.3) is 0 Å². The van der Waals surface area contributed by atoms with E-state index in [2.05, 4.69) is 4.74 Å². The van der Waals surface area contributed by atoms with Crippen molar-refractivity contribution >= 4 is 18.2 Å². The lowest BCUT2D eigenvalue weighted by Crippen LogP contribution is -2.29. The van der Waals surface area contributed by atoms with Crippen LogP contribution in [0.2, 0.25) is 0 Å². The molecule has 27 heavy (non-hydrogen) atoms. The summed E-state index contributed by atoms with van der Waals surface area (Å²) in [6, 6.07) is 0. The summed E-state index contributed by atoms with van der Waals surface area (Å²) in [7, 11) is 0. The molecule has 0 atom stereocenters. The van der Waals surface area contributed by atoms with Crippen LogP contribution in [0.5, 0.6) is 0 Å². The SMILES string of the molecule is O=COC(=O)C1(CCCCCC(=O)CCCCCC2CCCC2)CCCC1. The lowest BCUT2D eigenvalue weighted by molar-refractivity contribution is -0.160. The lowest BCUT2D eigenvalue weighted by atomic mass is 9.81. The van der Waals surface area contributed by atoms with Crippen molar-refractivity contribution in [3.8, 4) is 0 Å². The van der Waals surface area contributed by atoms with Crippen LogP contribution in [0, 0.1) is 11.3 Å². The molecule has 0 aromatic carbocycles. The fourth-order valence-corrected chi connectivity index (χ4v) is 5.09. The molecule has 0 saturated heterocycles. The van der Waals surface area contributed by atoms with Crippen molar-refractivity contribution in [2.45, 2.75) is 116 Å². The maximum absolute atomic E-state index is 12.1. The Morgan fingerprint density at radius 3 is 2.11 bits per heavy atom. The Bertz CT molecular complexity index is 459. The van der Waals surface area contributed by atoms with Gasteiger partial charge in [-0.2, -0.15) is 0 Å². The lowest BCUT2D eigenvalue weighted by Gasteiger charge is -2.25. The Labute approximate surface area is 164 Å². The first kappa shape index (κ1) is 22.1. The molecule has 2 saturated carbocycles. The van der Waals surface area contributed by atoms with Crippen molar-refractivity contribution in [3.05, 3.63) is 0 Å². The van der Waals surface area contributed by atoms with Gasteiger partial charge < -0.3 is 4.74 Å². The molecule has 0 aliphatic heterocycles. The number of unbranched alkanes of at least 4 members (excludes halogenated alkanes) is 4. The summed E-state index contributed by atoms with van der Waals surface area (Å²) in [5.41, 5.74) is -0.440. The third-order valence-corrected chi connectivity index (χ3v) is 6.80. The normalized spacial score (nSPS) is 19.3. The zero-order valence-corrected chi connectivity index (χ0v) is 17.0. The predicted molar refractivity (Wildman–Crippen MR) is 106 cm³/mol. The number of esters is 1. The number of ether oxygens (including phenoxy) is 1. The quantitative estimate of drug-likeness (QED) is 0.163. The third-order valence-electron chi connectivity index (χ3n) is 6.80. The van der Waals surface area contributed by atoms with Crippen molar-refractivity contribution in [2.75, 3.05) is 0 Å². The van der Waals surface area contributed by atoms with E-state index >= 15 is 0 Å². The number of ketones is 1. The molecule has 0 heterocycles. The Morgan fingerprint density at radius 1 is 0.852 bits per heavy atom. The van der Waals surface area contributed by atoms with E-state index in [1.54, 1.807) is 0 Å². The third kappa shape index (κ3) is 7.75. The van der Waals surface area contributed by atoms with E-state index < -0.39 is 5.41 Å². The van der Waals surface area contributed by atoms with Gasteiger partial charge in [-0.05, 0) is 38.0 Å². The molecule has 0 N–H and O–H groups in total. The van der Waals surface area contributed by atoms with E-state index in [1.165, 1.54) is 44.9 Å². The molecular formula is C23H38O4. The van der Waals surface area contributed by atoms with Gasteiger partial charge in [-0.15, -0.1) is 0 Å². The van der Waals surface area contributed by atoms with E-state index in [4.69, 9.17) is 0 Å². The van der Waals surface area contributed by atoms with Gasteiger partial charge in [0.2, 0.25) is 0 Å². The van der Waals surface area contributed by atoms with Gasteiger partial charge in [0.05, 0.1) is 5.41 Å². The van der Waals surface area contributed by atoms with E-state index in [0.29, 0.717) is 12.2 Å². The Hall–Kier alpha value is -1.19. The first-order valence-electron chi connectivity index (χ1n) is 11.3. The van der Waals surface area contributed by atoms with E-state index in [-0.39, 0.29) is 12.4 Å². The summed E-state index contributed by atoms with van der Waals surface area (Å²) in [5, 5.41) is 0. The van der Waals surface area contributed by atoms with Crippen LogP contribution in [-0.4, -0.2) is 18.2 Å². The first-order chi connectivity index (χ1) is 13.2. The van der Waals surface area contributed by atoms with Gasteiger partial charge in [0.15, 0.2) is 0 Å². The minimum absolute atomic E-state index is 0.259. The smallest absolute Gasteiger partial charge is 0.319 e.